The molecule has 0 saturated carbocycles. The highest BCUT2D eigenvalue weighted by atomic mass is 32.2. The number of thiophene rings is 1. The van der Waals surface area contributed by atoms with E-state index >= 15 is 0 Å². The molecule has 1 N–H and O–H groups in total. The number of rotatable bonds is 5. The molecule has 1 aliphatic heterocycles. The molecule has 1 aliphatic rings. The summed E-state index contributed by atoms with van der Waals surface area (Å²) in [5.41, 5.74) is 0. The number of nitrogens with one attached hydrogen (secondary N) is 1. The van der Waals surface area contributed by atoms with Gasteiger partial charge in [0.05, 0.1) is 4.90 Å². The highest BCUT2D eigenvalue weighted by Crippen LogP contribution is 2.28. The maximum absolute atomic E-state index is 12.7. The van der Waals surface area contributed by atoms with Gasteiger partial charge in [-0.05, 0) is 13.0 Å². The number of sulfonamides is 1. The fraction of sp³-hybridized carbons (Fsp3) is 0.692. The van der Waals surface area contributed by atoms with Gasteiger partial charge in [-0.15, -0.1) is 11.3 Å². The van der Waals surface area contributed by atoms with E-state index in [1.165, 1.54) is 15.6 Å². The van der Waals surface area contributed by atoms with E-state index in [9.17, 15) is 12.6 Å². The van der Waals surface area contributed by atoms with Crippen LogP contribution in [0.5, 0.6) is 0 Å². The molecule has 1 fully saturated rings. The van der Waals surface area contributed by atoms with E-state index in [2.05, 4.69) is 19.2 Å². The zero-order chi connectivity index (χ0) is 15.6. The Balaban J connectivity index is 2.18. The third kappa shape index (κ3) is 4.13. The van der Waals surface area contributed by atoms with Crippen molar-refractivity contribution in [1.82, 2.24) is 9.62 Å². The lowest BCUT2D eigenvalue weighted by molar-refractivity contribution is 0.438. The van der Waals surface area contributed by atoms with E-state index in [-0.39, 0.29) is 0 Å². The Kier molecular flexibility index (Phi) is 5.59. The lowest BCUT2D eigenvalue weighted by Crippen LogP contribution is -2.41. The molecule has 0 radical (unpaired) electrons. The van der Waals surface area contributed by atoms with Crippen molar-refractivity contribution in [3.05, 3.63) is 15.8 Å². The summed E-state index contributed by atoms with van der Waals surface area (Å²) < 4.78 is 38.2. The van der Waals surface area contributed by atoms with Crippen LogP contribution in [0.1, 0.15) is 23.6 Å². The summed E-state index contributed by atoms with van der Waals surface area (Å²) in [4.78, 5) is 2.25. The first-order valence-corrected chi connectivity index (χ1v) is 10.7. The lowest BCUT2D eigenvalue weighted by Gasteiger charge is -2.25. The van der Waals surface area contributed by atoms with Gasteiger partial charge in [0.15, 0.2) is 0 Å². The van der Waals surface area contributed by atoms with Crippen LogP contribution in [-0.4, -0.2) is 47.6 Å². The highest BCUT2D eigenvalue weighted by molar-refractivity contribution is 7.89. The average molecular weight is 351 g/mol. The molecule has 5 nitrogen and oxygen atoms in total. The van der Waals surface area contributed by atoms with Gasteiger partial charge in [-0.2, -0.15) is 4.31 Å². The molecule has 1 aromatic heterocycles. The van der Waals surface area contributed by atoms with Gasteiger partial charge in [0.1, 0.15) is 0 Å². The Morgan fingerprint density at radius 2 is 2.00 bits per heavy atom. The Labute approximate surface area is 133 Å². The minimum Gasteiger partial charge on any atom is -0.310 e. The van der Waals surface area contributed by atoms with E-state index in [4.69, 9.17) is 0 Å². The molecular weight excluding hydrogens is 328 g/mol. The van der Waals surface area contributed by atoms with Crippen molar-refractivity contribution in [2.75, 3.05) is 24.6 Å². The molecular formula is C13H22N2O3S3. The molecule has 0 aliphatic carbocycles. The van der Waals surface area contributed by atoms with Crippen molar-refractivity contribution in [1.29, 1.82) is 0 Å². The maximum Gasteiger partial charge on any atom is 0.244 e. The number of nitrogens with zero attached hydrogens (tertiary/aromatic N) is 1. The van der Waals surface area contributed by atoms with Gasteiger partial charge in [0, 0.05) is 57.7 Å². The van der Waals surface area contributed by atoms with Crippen molar-refractivity contribution in [2.45, 2.75) is 38.3 Å². The third-order valence-corrected chi connectivity index (χ3v) is 7.84. The van der Waals surface area contributed by atoms with Crippen molar-refractivity contribution >= 4 is 32.2 Å². The lowest BCUT2D eigenvalue weighted by atomic mass is 10.3. The monoisotopic (exact) mass is 350 g/mol. The highest BCUT2D eigenvalue weighted by Gasteiger charge is 2.30. The summed E-state index contributed by atoms with van der Waals surface area (Å²) >= 11 is 1.52. The molecule has 0 bridgehead atoms. The van der Waals surface area contributed by atoms with Crippen molar-refractivity contribution in [3.63, 3.8) is 0 Å². The molecule has 0 atom stereocenters. The van der Waals surface area contributed by atoms with Crippen LogP contribution in [0.25, 0.3) is 0 Å². The first-order valence-electron chi connectivity index (χ1n) is 6.98. The zero-order valence-electron chi connectivity index (χ0n) is 12.6. The largest absolute Gasteiger partial charge is 0.310 e. The summed E-state index contributed by atoms with van der Waals surface area (Å²) in [6, 6.07) is 2.14. The van der Waals surface area contributed by atoms with Crippen molar-refractivity contribution in [2.24, 2.45) is 0 Å². The summed E-state index contributed by atoms with van der Waals surface area (Å²) in [6.45, 7) is 7.35. The fourth-order valence-electron chi connectivity index (χ4n) is 2.17. The minimum absolute atomic E-state index is 0.351. The van der Waals surface area contributed by atoms with Crippen LogP contribution in [0.4, 0.5) is 0 Å². The van der Waals surface area contributed by atoms with Crippen LogP contribution >= 0.6 is 11.3 Å². The normalized spacial score (nSPS) is 18.5. The number of hydrogen-bond acceptors (Lipinski definition) is 5. The van der Waals surface area contributed by atoms with Gasteiger partial charge >= 0.3 is 0 Å². The minimum atomic E-state index is -3.45. The second-order valence-corrected chi connectivity index (χ2v) is 10.4. The number of hydrogen-bond donors (Lipinski definition) is 1. The molecule has 0 amide bonds. The zero-order valence-corrected chi connectivity index (χ0v) is 15.0. The van der Waals surface area contributed by atoms with Crippen LogP contribution in [0.3, 0.4) is 0 Å². The van der Waals surface area contributed by atoms with Crippen LogP contribution < -0.4 is 5.32 Å². The molecule has 1 aromatic rings. The smallest absolute Gasteiger partial charge is 0.244 e. The second kappa shape index (κ2) is 6.87. The van der Waals surface area contributed by atoms with Gasteiger partial charge in [0.2, 0.25) is 10.0 Å². The summed E-state index contributed by atoms with van der Waals surface area (Å²) in [5.74, 6) is 0.869. The quantitative estimate of drug-likeness (QED) is 0.869. The first kappa shape index (κ1) is 17.1. The standard InChI is InChI=1S/C13H22N2O3S3/c1-10(2)14-9-12-8-13(11(3)19-12)21(17,18)15-4-6-20(16)7-5-15/h8,10,14H,4-7,9H2,1-3H3. The molecule has 0 unspecified atom stereocenters. The Morgan fingerprint density at radius 3 is 2.57 bits per heavy atom. The Morgan fingerprint density at radius 1 is 1.38 bits per heavy atom. The van der Waals surface area contributed by atoms with Gasteiger partial charge in [-0.3, -0.25) is 4.21 Å². The summed E-state index contributed by atoms with van der Waals surface area (Å²) in [7, 11) is -4.33. The molecule has 1 saturated heterocycles. The average Bonchev–Trinajstić information content (AvgIpc) is 2.79. The summed E-state index contributed by atoms with van der Waals surface area (Å²) in [5, 5.41) is 3.30. The SMILES string of the molecule is Cc1sc(CNC(C)C)cc1S(=O)(=O)N1CCS(=O)CC1. The first-order chi connectivity index (χ1) is 9.80. The van der Waals surface area contributed by atoms with Crippen LogP contribution in [0.15, 0.2) is 11.0 Å². The summed E-state index contributed by atoms with van der Waals surface area (Å²) in [6.07, 6.45) is 0. The second-order valence-electron chi connectivity index (χ2n) is 5.42. The van der Waals surface area contributed by atoms with Gasteiger partial charge in [-0.25, -0.2) is 8.42 Å². The molecule has 120 valence electrons. The fourth-order valence-corrected chi connectivity index (χ4v) is 6.45. The van der Waals surface area contributed by atoms with Crippen molar-refractivity contribution in [3.8, 4) is 0 Å². The Bertz CT molecular complexity index is 613. The maximum atomic E-state index is 12.7. The van der Waals surface area contributed by atoms with E-state index in [1.807, 2.05) is 6.92 Å². The molecule has 21 heavy (non-hydrogen) atoms. The van der Waals surface area contributed by atoms with Gasteiger partial charge in [0.25, 0.3) is 0 Å². The van der Waals surface area contributed by atoms with Gasteiger partial charge in [-0.1, -0.05) is 13.8 Å². The molecule has 2 rings (SSSR count). The molecule has 0 aromatic carbocycles. The molecule has 0 spiro atoms. The molecule has 8 heteroatoms. The van der Waals surface area contributed by atoms with Crippen LogP contribution in [0.2, 0.25) is 0 Å². The predicted molar refractivity (Wildman–Crippen MR) is 87.7 cm³/mol. The number of aryl methyl sites for hydroxylation is 1. The predicted octanol–water partition coefficient (Wildman–Crippen LogP) is 1.31. The van der Waals surface area contributed by atoms with Crippen molar-refractivity contribution < 1.29 is 12.6 Å². The van der Waals surface area contributed by atoms with Gasteiger partial charge < -0.3 is 5.32 Å². The van der Waals surface area contributed by atoms with E-state index < -0.39 is 20.8 Å². The van der Waals surface area contributed by atoms with E-state index in [0.717, 1.165) is 9.75 Å². The van der Waals surface area contributed by atoms with Crippen LogP contribution in [-0.2, 0) is 27.4 Å². The third-order valence-electron chi connectivity index (χ3n) is 3.36. The molecule has 2 heterocycles. The topological polar surface area (TPSA) is 66.5 Å². The van der Waals surface area contributed by atoms with E-state index in [1.54, 1.807) is 6.07 Å². The Hall–Kier alpha value is -0.280. The van der Waals surface area contributed by atoms with E-state index in [0.29, 0.717) is 42.1 Å². The van der Waals surface area contributed by atoms with Crippen LogP contribution in [0, 0.1) is 6.92 Å².